The lowest BCUT2D eigenvalue weighted by molar-refractivity contribution is 0.304. The molecular formula is C14H21ClFN3O. The van der Waals surface area contributed by atoms with Gasteiger partial charge in [-0.05, 0) is 31.0 Å². The lowest BCUT2D eigenvalue weighted by atomic mass is 9.86. The number of oxime groups is 1. The van der Waals surface area contributed by atoms with E-state index in [1.165, 1.54) is 12.1 Å². The monoisotopic (exact) mass is 301 g/mol. The van der Waals surface area contributed by atoms with E-state index < -0.39 is 0 Å². The van der Waals surface area contributed by atoms with Crippen LogP contribution in [0.1, 0.15) is 33.1 Å². The van der Waals surface area contributed by atoms with Crippen LogP contribution in [0.2, 0.25) is 5.02 Å². The van der Waals surface area contributed by atoms with Gasteiger partial charge >= 0.3 is 0 Å². The van der Waals surface area contributed by atoms with Crippen molar-refractivity contribution in [3.05, 3.63) is 29.0 Å². The molecule has 0 saturated heterocycles. The number of unbranched alkanes of at least 4 members (excludes halogenated alkanes) is 1. The normalized spacial score (nSPS) is 12.5. The summed E-state index contributed by atoms with van der Waals surface area (Å²) in [6, 6.07) is 4.42. The van der Waals surface area contributed by atoms with E-state index in [9.17, 15) is 4.39 Å². The summed E-state index contributed by atoms with van der Waals surface area (Å²) in [5.74, 6) is -0.0854. The second kappa shape index (κ2) is 7.33. The van der Waals surface area contributed by atoms with Crippen molar-refractivity contribution in [2.24, 2.45) is 16.3 Å². The maximum Gasteiger partial charge on any atom is 0.146 e. The first kappa shape index (κ1) is 16.6. The highest BCUT2D eigenvalue weighted by Gasteiger charge is 2.22. The Hall–Kier alpha value is -1.49. The molecule has 0 radical (unpaired) electrons. The Balaban J connectivity index is 2.34. The minimum Gasteiger partial charge on any atom is -0.409 e. The van der Waals surface area contributed by atoms with E-state index in [0.717, 1.165) is 19.3 Å². The summed E-state index contributed by atoms with van der Waals surface area (Å²) >= 11 is 5.81. The van der Waals surface area contributed by atoms with Crippen LogP contribution in [0.4, 0.5) is 10.1 Å². The van der Waals surface area contributed by atoms with Gasteiger partial charge < -0.3 is 16.3 Å². The lowest BCUT2D eigenvalue weighted by Gasteiger charge is -2.22. The molecular weight excluding hydrogens is 281 g/mol. The molecule has 0 aliphatic carbocycles. The topological polar surface area (TPSA) is 70.6 Å². The van der Waals surface area contributed by atoms with E-state index in [-0.39, 0.29) is 17.1 Å². The van der Waals surface area contributed by atoms with Crippen molar-refractivity contribution in [1.29, 1.82) is 0 Å². The molecule has 0 fully saturated rings. The Morgan fingerprint density at radius 1 is 1.45 bits per heavy atom. The molecule has 0 atom stereocenters. The second-order valence-electron chi connectivity index (χ2n) is 5.38. The lowest BCUT2D eigenvalue weighted by Crippen LogP contribution is -2.31. The molecule has 0 unspecified atom stereocenters. The van der Waals surface area contributed by atoms with Crippen molar-refractivity contribution in [2.45, 2.75) is 33.1 Å². The van der Waals surface area contributed by atoms with E-state index in [2.05, 4.69) is 10.5 Å². The van der Waals surface area contributed by atoms with E-state index in [1.807, 2.05) is 13.8 Å². The van der Waals surface area contributed by atoms with E-state index >= 15 is 0 Å². The number of halogens is 2. The van der Waals surface area contributed by atoms with Crippen LogP contribution < -0.4 is 11.1 Å². The fraction of sp³-hybridized carbons (Fsp3) is 0.500. The molecule has 6 heteroatoms. The summed E-state index contributed by atoms with van der Waals surface area (Å²) in [6.45, 7) is 4.49. The number of benzene rings is 1. The highest BCUT2D eigenvalue weighted by molar-refractivity contribution is 6.30. The Labute approximate surface area is 123 Å². The molecule has 0 bridgehead atoms. The zero-order chi connectivity index (χ0) is 15.2. The van der Waals surface area contributed by atoms with Crippen LogP contribution >= 0.6 is 11.6 Å². The third-order valence-corrected chi connectivity index (χ3v) is 3.51. The van der Waals surface area contributed by atoms with Gasteiger partial charge in [-0.2, -0.15) is 0 Å². The number of nitrogens with two attached hydrogens (primary N) is 1. The van der Waals surface area contributed by atoms with E-state index in [4.69, 9.17) is 22.5 Å². The Kier molecular flexibility index (Phi) is 6.07. The fourth-order valence-electron chi connectivity index (χ4n) is 1.81. The average Bonchev–Trinajstić information content (AvgIpc) is 2.41. The predicted molar refractivity (Wildman–Crippen MR) is 80.9 cm³/mol. The summed E-state index contributed by atoms with van der Waals surface area (Å²) in [5.41, 5.74) is 5.69. The molecule has 112 valence electrons. The molecule has 0 spiro atoms. The minimum absolute atomic E-state index is 0.228. The van der Waals surface area contributed by atoms with E-state index in [1.54, 1.807) is 6.07 Å². The number of amidine groups is 1. The number of nitrogens with zero attached hydrogens (tertiary/aromatic N) is 1. The van der Waals surface area contributed by atoms with Crippen LogP contribution in [-0.2, 0) is 0 Å². The number of anilines is 1. The summed E-state index contributed by atoms with van der Waals surface area (Å²) < 4.78 is 13.4. The molecule has 4 N–H and O–H groups in total. The summed E-state index contributed by atoms with van der Waals surface area (Å²) in [5, 5.41) is 15.2. The predicted octanol–water partition coefficient (Wildman–Crippen LogP) is 3.83. The van der Waals surface area contributed by atoms with Gasteiger partial charge in [0.2, 0.25) is 0 Å². The number of rotatable bonds is 7. The van der Waals surface area contributed by atoms with Crippen LogP contribution in [0.3, 0.4) is 0 Å². The Morgan fingerprint density at radius 3 is 2.80 bits per heavy atom. The molecule has 20 heavy (non-hydrogen) atoms. The quantitative estimate of drug-likeness (QED) is 0.236. The van der Waals surface area contributed by atoms with E-state index in [0.29, 0.717) is 17.3 Å². The fourth-order valence-corrected chi connectivity index (χ4v) is 1.98. The van der Waals surface area contributed by atoms with Gasteiger partial charge in [-0.3, -0.25) is 0 Å². The smallest absolute Gasteiger partial charge is 0.146 e. The Bertz CT molecular complexity index is 477. The van der Waals surface area contributed by atoms with Crippen molar-refractivity contribution >= 4 is 23.1 Å². The first-order chi connectivity index (χ1) is 9.36. The molecule has 0 amide bonds. The van der Waals surface area contributed by atoms with Gasteiger partial charge in [0.25, 0.3) is 0 Å². The first-order valence-corrected chi connectivity index (χ1v) is 6.91. The third-order valence-electron chi connectivity index (χ3n) is 3.27. The summed E-state index contributed by atoms with van der Waals surface area (Å²) in [7, 11) is 0. The maximum atomic E-state index is 13.4. The molecule has 1 aromatic rings. The largest absolute Gasteiger partial charge is 0.409 e. The third kappa shape index (κ3) is 4.89. The van der Waals surface area contributed by atoms with Crippen molar-refractivity contribution in [2.75, 3.05) is 11.9 Å². The number of hydrogen-bond acceptors (Lipinski definition) is 3. The van der Waals surface area contributed by atoms with Gasteiger partial charge in [0.1, 0.15) is 11.7 Å². The summed E-state index contributed by atoms with van der Waals surface area (Å²) in [4.78, 5) is 0. The van der Waals surface area contributed by atoms with Gasteiger partial charge in [-0.1, -0.05) is 37.0 Å². The van der Waals surface area contributed by atoms with Gasteiger partial charge in [0.05, 0.1) is 5.69 Å². The SMILES string of the molecule is CC(C)(CCCCNc1cc(Cl)ccc1F)/C(N)=N/O. The Morgan fingerprint density at radius 2 is 2.15 bits per heavy atom. The molecule has 0 aliphatic rings. The van der Waals surface area contributed by atoms with Gasteiger partial charge in [-0.15, -0.1) is 0 Å². The van der Waals surface area contributed by atoms with Crippen LogP contribution in [0.5, 0.6) is 0 Å². The standard InChI is InChI=1S/C14H21ClFN3O/c1-14(2,13(17)19-20)7-3-4-8-18-12-9-10(15)5-6-11(12)16/h5-6,9,18,20H,3-4,7-8H2,1-2H3,(H2,17,19). The van der Waals surface area contributed by atoms with Gasteiger partial charge in [0, 0.05) is 17.0 Å². The molecule has 0 heterocycles. The van der Waals surface area contributed by atoms with Crippen molar-refractivity contribution in [1.82, 2.24) is 0 Å². The minimum atomic E-state index is -0.337. The average molecular weight is 302 g/mol. The van der Waals surface area contributed by atoms with Crippen LogP contribution in [0.15, 0.2) is 23.4 Å². The number of hydrogen-bond donors (Lipinski definition) is 3. The second-order valence-corrected chi connectivity index (χ2v) is 5.81. The zero-order valence-corrected chi connectivity index (χ0v) is 12.5. The molecule has 4 nitrogen and oxygen atoms in total. The molecule has 0 aliphatic heterocycles. The van der Waals surface area contributed by atoms with Crippen molar-refractivity contribution in [3.8, 4) is 0 Å². The molecule has 1 rings (SSSR count). The summed E-state index contributed by atoms with van der Waals surface area (Å²) in [6.07, 6.45) is 2.54. The zero-order valence-electron chi connectivity index (χ0n) is 11.8. The highest BCUT2D eigenvalue weighted by Crippen LogP contribution is 2.24. The van der Waals surface area contributed by atoms with Gasteiger partial charge in [-0.25, -0.2) is 4.39 Å². The highest BCUT2D eigenvalue weighted by atomic mass is 35.5. The van der Waals surface area contributed by atoms with Crippen molar-refractivity contribution < 1.29 is 9.60 Å². The number of nitrogens with one attached hydrogen (secondary N) is 1. The molecule has 1 aromatic carbocycles. The van der Waals surface area contributed by atoms with Crippen LogP contribution in [0.25, 0.3) is 0 Å². The van der Waals surface area contributed by atoms with Crippen LogP contribution in [-0.4, -0.2) is 17.6 Å². The first-order valence-electron chi connectivity index (χ1n) is 6.54. The van der Waals surface area contributed by atoms with Crippen LogP contribution in [0, 0.1) is 11.2 Å². The molecule has 0 aromatic heterocycles. The van der Waals surface area contributed by atoms with Crippen molar-refractivity contribution in [3.63, 3.8) is 0 Å². The molecule has 0 saturated carbocycles. The van der Waals surface area contributed by atoms with Gasteiger partial charge in [0.15, 0.2) is 0 Å². The maximum absolute atomic E-state index is 13.4.